The van der Waals surface area contributed by atoms with E-state index in [2.05, 4.69) is 37.5 Å². The summed E-state index contributed by atoms with van der Waals surface area (Å²) in [5, 5.41) is 6.44. The average Bonchev–Trinajstić information content (AvgIpc) is 2.59. The number of carbonyl (C=O) groups excluding carboxylic acids is 1. The lowest BCUT2D eigenvalue weighted by atomic mass is 9.84. The van der Waals surface area contributed by atoms with Crippen LogP contribution in [-0.2, 0) is 4.79 Å². The zero-order valence-corrected chi connectivity index (χ0v) is 15.3. The molecule has 0 radical (unpaired) electrons. The molecule has 24 heavy (non-hydrogen) atoms. The van der Waals surface area contributed by atoms with Crippen molar-refractivity contribution in [3.05, 3.63) is 29.8 Å². The Morgan fingerprint density at radius 3 is 2.79 bits per heavy atom. The lowest BCUT2D eigenvalue weighted by Crippen LogP contribution is -2.37. The lowest BCUT2D eigenvalue weighted by molar-refractivity contribution is -0.122. The van der Waals surface area contributed by atoms with Crippen molar-refractivity contribution in [1.82, 2.24) is 10.6 Å². The molecule has 1 aliphatic heterocycles. The molecule has 2 rings (SSSR count). The fraction of sp³-hybridized carbons (Fsp3) is 0.650. The molecule has 2 N–H and O–H groups in total. The van der Waals surface area contributed by atoms with Crippen LogP contribution < -0.4 is 15.4 Å². The Labute approximate surface area is 146 Å². The molecule has 1 aromatic rings. The van der Waals surface area contributed by atoms with E-state index in [9.17, 15) is 4.79 Å². The molecule has 134 valence electrons. The molecule has 1 saturated heterocycles. The lowest BCUT2D eigenvalue weighted by Gasteiger charge is -2.28. The van der Waals surface area contributed by atoms with Gasteiger partial charge in [0.25, 0.3) is 0 Å². The second-order valence-corrected chi connectivity index (χ2v) is 7.04. The number of rotatable bonds is 8. The number of amides is 1. The largest absolute Gasteiger partial charge is 0.489 e. The fourth-order valence-corrected chi connectivity index (χ4v) is 3.32. The maximum Gasteiger partial charge on any atom is 0.220 e. The number of ether oxygens (including phenoxy) is 1. The van der Waals surface area contributed by atoms with Crippen LogP contribution in [0.2, 0.25) is 0 Å². The molecule has 1 amide bonds. The molecule has 1 fully saturated rings. The van der Waals surface area contributed by atoms with Gasteiger partial charge in [-0.05, 0) is 68.8 Å². The van der Waals surface area contributed by atoms with E-state index >= 15 is 0 Å². The van der Waals surface area contributed by atoms with Crippen LogP contribution in [0.15, 0.2) is 24.3 Å². The van der Waals surface area contributed by atoms with E-state index in [1.165, 1.54) is 18.4 Å². The number of piperidine rings is 1. The third-order valence-corrected chi connectivity index (χ3v) is 4.97. The second-order valence-electron chi connectivity index (χ2n) is 7.04. The smallest absolute Gasteiger partial charge is 0.220 e. The highest BCUT2D eigenvalue weighted by atomic mass is 16.5. The zero-order chi connectivity index (χ0) is 17.4. The van der Waals surface area contributed by atoms with Gasteiger partial charge in [-0.15, -0.1) is 0 Å². The zero-order valence-electron chi connectivity index (χ0n) is 15.3. The minimum Gasteiger partial charge on any atom is -0.489 e. The standard InChI is InChI=1S/C20H32N2O2/c1-4-18(24-19-7-5-6-15(2)12-19)14-22-20(23)13-16(3)17-8-10-21-11-9-17/h5-7,12,16-18,21H,4,8-11,13-14H2,1-3H3,(H,22,23). The summed E-state index contributed by atoms with van der Waals surface area (Å²) in [6.45, 7) is 9.08. The van der Waals surface area contributed by atoms with Crippen molar-refractivity contribution in [3.63, 3.8) is 0 Å². The predicted octanol–water partition coefficient (Wildman–Crippen LogP) is 3.29. The molecule has 2 atom stereocenters. The van der Waals surface area contributed by atoms with Gasteiger partial charge in [0.2, 0.25) is 5.91 Å². The topological polar surface area (TPSA) is 50.4 Å². The highest BCUT2D eigenvalue weighted by Gasteiger charge is 2.22. The number of hydrogen-bond acceptors (Lipinski definition) is 3. The Hall–Kier alpha value is -1.55. The maximum absolute atomic E-state index is 12.2. The van der Waals surface area contributed by atoms with Crippen LogP contribution in [0.25, 0.3) is 0 Å². The molecule has 4 nitrogen and oxygen atoms in total. The Kier molecular flexibility index (Phi) is 7.57. The van der Waals surface area contributed by atoms with Gasteiger partial charge in [-0.3, -0.25) is 4.79 Å². The molecule has 0 spiro atoms. The number of hydrogen-bond donors (Lipinski definition) is 2. The summed E-state index contributed by atoms with van der Waals surface area (Å²) in [7, 11) is 0. The van der Waals surface area contributed by atoms with E-state index in [4.69, 9.17) is 4.74 Å². The Bertz CT molecular complexity index is 512. The Balaban J connectivity index is 1.74. The van der Waals surface area contributed by atoms with Crippen molar-refractivity contribution in [1.29, 1.82) is 0 Å². The maximum atomic E-state index is 12.2. The molecule has 0 aliphatic carbocycles. The monoisotopic (exact) mass is 332 g/mol. The number of carbonyl (C=O) groups is 1. The Morgan fingerprint density at radius 1 is 1.38 bits per heavy atom. The van der Waals surface area contributed by atoms with Crippen LogP contribution in [0.3, 0.4) is 0 Å². The SMILES string of the molecule is CCC(CNC(=O)CC(C)C1CCNCC1)Oc1cccc(C)c1. The van der Waals surface area contributed by atoms with E-state index in [1.54, 1.807) is 0 Å². The van der Waals surface area contributed by atoms with E-state index < -0.39 is 0 Å². The predicted molar refractivity (Wildman–Crippen MR) is 98.3 cm³/mol. The highest BCUT2D eigenvalue weighted by molar-refractivity contribution is 5.76. The van der Waals surface area contributed by atoms with Gasteiger partial charge in [0.1, 0.15) is 11.9 Å². The summed E-state index contributed by atoms with van der Waals surface area (Å²) in [6.07, 6.45) is 3.87. The van der Waals surface area contributed by atoms with Crippen LogP contribution in [0.5, 0.6) is 5.75 Å². The third-order valence-electron chi connectivity index (χ3n) is 4.97. The third kappa shape index (κ3) is 6.16. The number of aryl methyl sites for hydroxylation is 1. The molecule has 2 unspecified atom stereocenters. The fourth-order valence-electron chi connectivity index (χ4n) is 3.32. The van der Waals surface area contributed by atoms with Crippen LogP contribution in [0.1, 0.15) is 45.1 Å². The average molecular weight is 332 g/mol. The summed E-state index contributed by atoms with van der Waals surface area (Å²) < 4.78 is 5.99. The molecular formula is C20H32N2O2. The summed E-state index contributed by atoms with van der Waals surface area (Å²) in [5.74, 6) is 2.14. The highest BCUT2D eigenvalue weighted by Crippen LogP contribution is 2.24. The first-order chi connectivity index (χ1) is 11.6. The van der Waals surface area contributed by atoms with Crippen molar-refractivity contribution < 1.29 is 9.53 Å². The van der Waals surface area contributed by atoms with Gasteiger partial charge in [-0.1, -0.05) is 26.0 Å². The summed E-state index contributed by atoms with van der Waals surface area (Å²) in [5.41, 5.74) is 1.18. The van der Waals surface area contributed by atoms with Gasteiger partial charge in [-0.25, -0.2) is 0 Å². The molecule has 0 bridgehead atoms. The van der Waals surface area contributed by atoms with Crippen LogP contribution >= 0.6 is 0 Å². The van der Waals surface area contributed by atoms with Crippen molar-refractivity contribution in [2.45, 2.75) is 52.6 Å². The molecule has 1 heterocycles. The minimum absolute atomic E-state index is 0.0185. The first-order valence-corrected chi connectivity index (χ1v) is 9.29. The van der Waals surface area contributed by atoms with Crippen molar-refractivity contribution in [3.8, 4) is 5.75 Å². The molecule has 0 aromatic heterocycles. The van der Waals surface area contributed by atoms with E-state index in [1.807, 2.05) is 18.2 Å². The van der Waals surface area contributed by atoms with E-state index in [0.29, 0.717) is 24.8 Å². The first kappa shape index (κ1) is 18.8. The van der Waals surface area contributed by atoms with Crippen molar-refractivity contribution >= 4 is 5.91 Å². The van der Waals surface area contributed by atoms with Gasteiger partial charge in [-0.2, -0.15) is 0 Å². The van der Waals surface area contributed by atoms with Gasteiger partial charge in [0.05, 0.1) is 6.54 Å². The minimum atomic E-state index is 0.0185. The van der Waals surface area contributed by atoms with Crippen molar-refractivity contribution in [2.75, 3.05) is 19.6 Å². The van der Waals surface area contributed by atoms with Crippen molar-refractivity contribution in [2.24, 2.45) is 11.8 Å². The summed E-state index contributed by atoms with van der Waals surface area (Å²) >= 11 is 0. The Morgan fingerprint density at radius 2 is 2.12 bits per heavy atom. The van der Waals surface area contributed by atoms with Crippen LogP contribution in [0, 0.1) is 18.8 Å². The normalized spacial score (nSPS) is 18.0. The van der Waals surface area contributed by atoms with Gasteiger partial charge in [0, 0.05) is 6.42 Å². The first-order valence-electron chi connectivity index (χ1n) is 9.29. The quantitative estimate of drug-likeness (QED) is 0.768. The van der Waals surface area contributed by atoms with Gasteiger partial charge >= 0.3 is 0 Å². The van der Waals surface area contributed by atoms with Gasteiger partial charge in [0.15, 0.2) is 0 Å². The molecular weight excluding hydrogens is 300 g/mol. The van der Waals surface area contributed by atoms with Crippen LogP contribution in [0.4, 0.5) is 0 Å². The second kappa shape index (κ2) is 9.67. The van der Waals surface area contributed by atoms with E-state index in [-0.39, 0.29) is 12.0 Å². The summed E-state index contributed by atoms with van der Waals surface area (Å²) in [4.78, 5) is 12.2. The number of nitrogens with one attached hydrogen (secondary N) is 2. The molecule has 4 heteroatoms. The van der Waals surface area contributed by atoms with E-state index in [0.717, 1.165) is 25.3 Å². The van der Waals surface area contributed by atoms with Gasteiger partial charge < -0.3 is 15.4 Å². The van der Waals surface area contributed by atoms with Crippen LogP contribution in [-0.4, -0.2) is 31.6 Å². The number of benzene rings is 1. The summed E-state index contributed by atoms with van der Waals surface area (Å²) in [6, 6.07) is 8.05. The molecule has 1 aliphatic rings. The molecule has 1 aromatic carbocycles. The molecule has 0 saturated carbocycles.